The molecular formula is C20H35IN4O2. The minimum absolute atomic E-state index is 0. The number of nitrogens with one attached hydrogen (secondary N) is 2. The van der Waals surface area contributed by atoms with E-state index in [1.807, 2.05) is 19.2 Å². The molecule has 27 heavy (non-hydrogen) atoms. The van der Waals surface area contributed by atoms with Gasteiger partial charge in [-0.25, -0.2) is 4.98 Å². The van der Waals surface area contributed by atoms with Crippen LogP contribution in [0.1, 0.15) is 45.1 Å². The summed E-state index contributed by atoms with van der Waals surface area (Å²) in [6, 6.07) is 4.44. The van der Waals surface area contributed by atoms with Crippen LogP contribution in [0.25, 0.3) is 0 Å². The fourth-order valence-corrected chi connectivity index (χ4v) is 3.41. The quantitative estimate of drug-likeness (QED) is 0.252. The molecule has 0 aliphatic heterocycles. The third-order valence-corrected chi connectivity index (χ3v) is 5.10. The Balaban J connectivity index is 0.00000364. The van der Waals surface area contributed by atoms with Crippen molar-refractivity contribution in [2.24, 2.45) is 16.8 Å². The number of aromatic nitrogens is 1. The predicted octanol–water partition coefficient (Wildman–Crippen LogP) is 3.60. The molecule has 1 aliphatic rings. The van der Waals surface area contributed by atoms with Crippen molar-refractivity contribution in [2.45, 2.75) is 52.1 Å². The first-order valence-electron chi connectivity index (χ1n) is 9.66. The monoisotopic (exact) mass is 490 g/mol. The number of halogens is 1. The molecule has 0 bridgehead atoms. The molecule has 1 heterocycles. The van der Waals surface area contributed by atoms with E-state index in [2.05, 4.69) is 34.5 Å². The maximum atomic E-state index is 5.69. The Morgan fingerprint density at radius 3 is 2.63 bits per heavy atom. The number of nitrogens with zero attached hydrogens (tertiary/aromatic N) is 2. The van der Waals surface area contributed by atoms with Gasteiger partial charge in [0.25, 0.3) is 0 Å². The zero-order valence-electron chi connectivity index (χ0n) is 17.0. The van der Waals surface area contributed by atoms with Gasteiger partial charge in [-0.1, -0.05) is 19.9 Å². The molecule has 0 aromatic carbocycles. The molecule has 6 nitrogen and oxygen atoms in total. The fourth-order valence-electron chi connectivity index (χ4n) is 3.41. The summed E-state index contributed by atoms with van der Waals surface area (Å²) in [5.41, 5.74) is 1.01. The van der Waals surface area contributed by atoms with E-state index in [1.54, 1.807) is 13.3 Å². The topological polar surface area (TPSA) is 67.8 Å². The van der Waals surface area contributed by atoms with Crippen molar-refractivity contribution >= 4 is 29.9 Å². The molecule has 0 unspecified atom stereocenters. The lowest BCUT2D eigenvalue weighted by molar-refractivity contribution is 0.143. The number of hydrogen-bond donors (Lipinski definition) is 2. The first kappa shape index (κ1) is 23.9. The van der Waals surface area contributed by atoms with Crippen LogP contribution in [0.2, 0.25) is 0 Å². The molecule has 1 saturated carbocycles. The van der Waals surface area contributed by atoms with Crippen molar-refractivity contribution in [1.29, 1.82) is 0 Å². The average molecular weight is 490 g/mol. The van der Waals surface area contributed by atoms with Crippen LogP contribution >= 0.6 is 24.0 Å². The van der Waals surface area contributed by atoms with Crippen LogP contribution in [0, 0.1) is 11.8 Å². The highest BCUT2D eigenvalue weighted by molar-refractivity contribution is 14.0. The van der Waals surface area contributed by atoms with E-state index in [-0.39, 0.29) is 24.0 Å². The molecule has 0 radical (unpaired) electrons. The molecular weight excluding hydrogens is 455 g/mol. The predicted molar refractivity (Wildman–Crippen MR) is 121 cm³/mol. The Kier molecular flexibility index (Phi) is 11.7. The van der Waals surface area contributed by atoms with Gasteiger partial charge in [0.2, 0.25) is 5.88 Å². The summed E-state index contributed by atoms with van der Waals surface area (Å²) in [5, 5.41) is 6.95. The fraction of sp³-hybridized carbons (Fsp3) is 0.700. The van der Waals surface area contributed by atoms with Crippen LogP contribution in [0.3, 0.4) is 0 Å². The van der Waals surface area contributed by atoms with E-state index in [9.17, 15) is 0 Å². The maximum Gasteiger partial charge on any atom is 0.218 e. The van der Waals surface area contributed by atoms with Crippen molar-refractivity contribution in [3.8, 4) is 5.88 Å². The second-order valence-electron chi connectivity index (χ2n) is 7.23. The number of guanidine groups is 1. The molecule has 2 rings (SSSR count). The van der Waals surface area contributed by atoms with Crippen LogP contribution in [-0.2, 0) is 11.3 Å². The van der Waals surface area contributed by atoms with Gasteiger partial charge in [0.1, 0.15) is 6.61 Å². The molecule has 0 atom stereocenters. The summed E-state index contributed by atoms with van der Waals surface area (Å²) in [5.74, 6) is 3.13. The summed E-state index contributed by atoms with van der Waals surface area (Å²) in [7, 11) is 3.48. The largest absolute Gasteiger partial charge is 0.475 e. The lowest BCUT2D eigenvalue weighted by atomic mass is 9.80. The number of pyridine rings is 1. The number of hydrogen-bond acceptors (Lipinski definition) is 4. The van der Waals surface area contributed by atoms with Gasteiger partial charge in [-0.3, -0.25) is 4.99 Å². The standard InChI is InChI=1S/C20H34N4O2.HI/c1-15(2)16-7-9-18(10-8-16)24-20(21-3)23-14-17-6-5-11-22-19(17)26-13-12-25-4;/h5-6,11,15-16,18H,7-10,12-14H2,1-4H3,(H2,21,23,24);1H. The lowest BCUT2D eigenvalue weighted by Crippen LogP contribution is -2.44. The molecule has 0 amide bonds. The van der Waals surface area contributed by atoms with Gasteiger partial charge in [0, 0.05) is 38.5 Å². The zero-order chi connectivity index (χ0) is 18.8. The summed E-state index contributed by atoms with van der Waals surface area (Å²) >= 11 is 0. The number of ether oxygens (including phenoxy) is 2. The molecule has 0 spiro atoms. The van der Waals surface area contributed by atoms with Gasteiger partial charge in [-0.15, -0.1) is 24.0 Å². The highest BCUT2D eigenvalue weighted by Crippen LogP contribution is 2.29. The van der Waals surface area contributed by atoms with E-state index in [4.69, 9.17) is 9.47 Å². The highest BCUT2D eigenvalue weighted by atomic mass is 127. The summed E-state index contributed by atoms with van der Waals surface area (Å²) in [6.45, 7) is 6.33. The molecule has 1 fully saturated rings. The molecule has 154 valence electrons. The Hall–Kier alpha value is -1.09. The van der Waals surface area contributed by atoms with Crippen LogP contribution < -0.4 is 15.4 Å². The van der Waals surface area contributed by atoms with Crippen molar-refractivity contribution in [1.82, 2.24) is 15.6 Å². The van der Waals surface area contributed by atoms with Crippen molar-refractivity contribution in [2.75, 3.05) is 27.4 Å². The third-order valence-electron chi connectivity index (χ3n) is 5.10. The number of methoxy groups -OCH3 is 1. The van der Waals surface area contributed by atoms with E-state index >= 15 is 0 Å². The van der Waals surface area contributed by atoms with E-state index in [0.29, 0.717) is 31.7 Å². The first-order valence-corrected chi connectivity index (χ1v) is 9.66. The van der Waals surface area contributed by atoms with Crippen molar-refractivity contribution in [3.63, 3.8) is 0 Å². The Morgan fingerprint density at radius 1 is 1.26 bits per heavy atom. The second kappa shape index (κ2) is 13.1. The minimum atomic E-state index is 0. The van der Waals surface area contributed by atoms with E-state index in [1.165, 1.54) is 25.7 Å². The minimum Gasteiger partial charge on any atom is -0.475 e. The Bertz CT molecular complexity index is 561. The summed E-state index contributed by atoms with van der Waals surface area (Å²) in [6.07, 6.45) is 6.76. The first-order chi connectivity index (χ1) is 12.6. The van der Waals surface area contributed by atoms with Gasteiger partial charge in [0.15, 0.2) is 5.96 Å². The van der Waals surface area contributed by atoms with E-state index < -0.39 is 0 Å². The smallest absolute Gasteiger partial charge is 0.218 e. The van der Waals surface area contributed by atoms with Gasteiger partial charge >= 0.3 is 0 Å². The third kappa shape index (κ3) is 8.21. The Morgan fingerprint density at radius 2 is 2.00 bits per heavy atom. The highest BCUT2D eigenvalue weighted by Gasteiger charge is 2.23. The SMILES string of the molecule is CN=C(NCc1cccnc1OCCOC)NC1CCC(C(C)C)CC1.I. The molecule has 1 aromatic rings. The van der Waals surface area contributed by atoms with Crippen molar-refractivity contribution < 1.29 is 9.47 Å². The molecule has 0 saturated heterocycles. The molecule has 7 heteroatoms. The summed E-state index contributed by atoms with van der Waals surface area (Å²) in [4.78, 5) is 8.69. The average Bonchev–Trinajstić information content (AvgIpc) is 2.66. The van der Waals surface area contributed by atoms with Crippen molar-refractivity contribution in [3.05, 3.63) is 23.9 Å². The van der Waals surface area contributed by atoms with Crippen LogP contribution in [0.5, 0.6) is 5.88 Å². The zero-order valence-corrected chi connectivity index (χ0v) is 19.4. The van der Waals surface area contributed by atoms with E-state index in [0.717, 1.165) is 23.4 Å². The maximum absolute atomic E-state index is 5.69. The van der Waals surface area contributed by atoms with Gasteiger partial charge in [-0.05, 0) is 43.6 Å². The normalized spacial score (nSPS) is 20.1. The van der Waals surface area contributed by atoms with Crippen LogP contribution in [-0.4, -0.2) is 44.4 Å². The lowest BCUT2D eigenvalue weighted by Gasteiger charge is -2.32. The molecule has 1 aliphatic carbocycles. The number of rotatable bonds is 8. The van der Waals surface area contributed by atoms with Gasteiger partial charge in [-0.2, -0.15) is 0 Å². The van der Waals surface area contributed by atoms with Gasteiger partial charge in [0.05, 0.1) is 6.61 Å². The second-order valence-corrected chi connectivity index (χ2v) is 7.23. The molecule has 1 aromatic heterocycles. The summed E-state index contributed by atoms with van der Waals surface area (Å²) < 4.78 is 10.7. The van der Waals surface area contributed by atoms with Crippen LogP contribution in [0.15, 0.2) is 23.3 Å². The molecule has 2 N–H and O–H groups in total. The van der Waals surface area contributed by atoms with Gasteiger partial charge < -0.3 is 20.1 Å². The Labute approximate surface area is 180 Å². The number of aliphatic imine (C=N–C) groups is 1. The van der Waals surface area contributed by atoms with Crippen LogP contribution in [0.4, 0.5) is 0 Å².